The van der Waals surface area contributed by atoms with Gasteiger partial charge in [-0.2, -0.15) is 0 Å². The third kappa shape index (κ3) is 2.99. The molecule has 0 saturated heterocycles. The standard InChI is InChI=1S/C17H19NO2/c1-12-7-6-8-13(2)17(12)18-11-15(19)14-9-4-5-10-16(14)20-3/h4-10,18H,11H2,1-3H3. The Labute approximate surface area is 119 Å². The smallest absolute Gasteiger partial charge is 0.185 e. The van der Waals surface area contributed by atoms with Gasteiger partial charge in [0.2, 0.25) is 0 Å². The molecule has 0 fully saturated rings. The largest absolute Gasteiger partial charge is 0.496 e. The average Bonchev–Trinajstić information content (AvgIpc) is 2.46. The number of rotatable bonds is 5. The number of ether oxygens (including phenoxy) is 1. The maximum atomic E-state index is 12.3. The van der Waals surface area contributed by atoms with Gasteiger partial charge in [-0.15, -0.1) is 0 Å². The van der Waals surface area contributed by atoms with E-state index in [0.717, 1.165) is 16.8 Å². The molecule has 2 aromatic carbocycles. The van der Waals surface area contributed by atoms with E-state index < -0.39 is 0 Å². The lowest BCUT2D eigenvalue weighted by molar-refractivity contribution is 0.100. The number of Topliss-reactive ketones (excluding diaryl/α,β-unsaturated/α-hetero) is 1. The lowest BCUT2D eigenvalue weighted by Crippen LogP contribution is -2.16. The van der Waals surface area contributed by atoms with Crippen LogP contribution in [-0.2, 0) is 0 Å². The summed E-state index contributed by atoms with van der Waals surface area (Å²) in [7, 11) is 1.57. The van der Waals surface area contributed by atoms with Crippen molar-refractivity contribution in [2.45, 2.75) is 13.8 Å². The molecule has 0 bridgehead atoms. The number of hydrogen-bond donors (Lipinski definition) is 1. The van der Waals surface area contributed by atoms with Crippen LogP contribution in [0.5, 0.6) is 5.75 Å². The second kappa shape index (κ2) is 6.24. The highest BCUT2D eigenvalue weighted by atomic mass is 16.5. The van der Waals surface area contributed by atoms with Gasteiger partial charge in [0.05, 0.1) is 19.2 Å². The number of hydrogen-bond acceptors (Lipinski definition) is 3. The summed E-state index contributed by atoms with van der Waals surface area (Å²) in [6.45, 7) is 4.32. The molecule has 0 saturated carbocycles. The van der Waals surface area contributed by atoms with Crippen molar-refractivity contribution < 1.29 is 9.53 Å². The minimum absolute atomic E-state index is 0.0186. The van der Waals surface area contributed by atoms with Crippen LogP contribution in [0, 0.1) is 13.8 Å². The second-order valence-corrected chi connectivity index (χ2v) is 4.74. The maximum Gasteiger partial charge on any atom is 0.185 e. The Kier molecular flexibility index (Phi) is 4.41. The molecule has 0 aliphatic heterocycles. The second-order valence-electron chi connectivity index (χ2n) is 4.74. The molecule has 0 aliphatic rings. The Balaban J connectivity index is 2.13. The number of nitrogens with one attached hydrogen (secondary N) is 1. The van der Waals surface area contributed by atoms with Crippen LogP contribution >= 0.6 is 0 Å². The number of carbonyl (C=O) groups is 1. The number of benzene rings is 2. The Bertz CT molecular complexity index is 600. The SMILES string of the molecule is COc1ccccc1C(=O)CNc1c(C)cccc1C. The number of aryl methyl sites for hydroxylation is 2. The van der Waals surface area contributed by atoms with Gasteiger partial charge in [0, 0.05) is 5.69 Å². The summed E-state index contributed by atoms with van der Waals surface area (Å²) in [4.78, 5) is 12.3. The molecule has 0 unspecified atom stereocenters. The van der Waals surface area contributed by atoms with E-state index in [1.807, 2.05) is 44.2 Å². The predicted molar refractivity (Wildman–Crippen MR) is 81.7 cm³/mol. The molecule has 0 spiro atoms. The van der Waals surface area contributed by atoms with Gasteiger partial charge in [0.25, 0.3) is 0 Å². The van der Waals surface area contributed by atoms with Crippen LogP contribution in [0.1, 0.15) is 21.5 Å². The lowest BCUT2D eigenvalue weighted by atomic mass is 10.1. The van der Waals surface area contributed by atoms with Crippen LogP contribution in [0.4, 0.5) is 5.69 Å². The van der Waals surface area contributed by atoms with E-state index in [2.05, 4.69) is 5.32 Å². The topological polar surface area (TPSA) is 38.3 Å². The first kappa shape index (κ1) is 14.1. The molecule has 0 radical (unpaired) electrons. The zero-order chi connectivity index (χ0) is 14.5. The molecular formula is C17H19NO2. The first-order chi connectivity index (χ1) is 9.63. The highest BCUT2D eigenvalue weighted by Crippen LogP contribution is 2.21. The summed E-state index contributed by atoms with van der Waals surface area (Å²) >= 11 is 0. The molecule has 3 nitrogen and oxygen atoms in total. The summed E-state index contributed by atoms with van der Waals surface area (Å²) in [6, 6.07) is 13.4. The zero-order valence-electron chi connectivity index (χ0n) is 12.1. The molecule has 0 heterocycles. The summed E-state index contributed by atoms with van der Waals surface area (Å²) in [5.41, 5.74) is 3.90. The molecule has 0 amide bonds. The van der Waals surface area contributed by atoms with Gasteiger partial charge in [0.1, 0.15) is 5.75 Å². The van der Waals surface area contributed by atoms with Crippen LogP contribution in [0.25, 0.3) is 0 Å². The summed E-state index contributed by atoms with van der Waals surface area (Å²) in [5.74, 6) is 0.630. The van der Waals surface area contributed by atoms with E-state index in [-0.39, 0.29) is 12.3 Å². The summed E-state index contributed by atoms with van der Waals surface area (Å²) < 4.78 is 5.22. The van der Waals surface area contributed by atoms with Crippen molar-refractivity contribution in [3.63, 3.8) is 0 Å². The van der Waals surface area contributed by atoms with Crippen LogP contribution in [0.15, 0.2) is 42.5 Å². The average molecular weight is 269 g/mol. The van der Waals surface area contributed by atoms with Gasteiger partial charge >= 0.3 is 0 Å². The molecule has 2 rings (SSSR count). The van der Waals surface area contributed by atoms with Gasteiger partial charge in [-0.25, -0.2) is 0 Å². The van der Waals surface area contributed by atoms with E-state index >= 15 is 0 Å². The van der Waals surface area contributed by atoms with E-state index in [4.69, 9.17) is 4.74 Å². The Hall–Kier alpha value is -2.29. The number of anilines is 1. The lowest BCUT2D eigenvalue weighted by Gasteiger charge is -2.13. The molecular weight excluding hydrogens is 250 g/mol. The Morgan fingerprint density at radius 2 is 1.70 bits per heavy atom. The van der Waals surface area contributed by atoms with Crippen molar-refractivity contribution in [1.29, 1.82) is 0 Å². The normalized spacial score (nSPS) is 10.2. The molecule has 0 aromatic heterocycles. The zero-order valence-corrected chi connectivity index (χ0v) is 12.1. The van der Waals surface area contributed by atoms with Crippen molar-refractivity contribution in [3.05, 3.63) is 59.2 Å². The first-order valence-corrected chi connectivity index (χ1v) is 6.59. The number of carbonyl (C=O) groups excluding carboxylic acids is 1. The van der Waals surface area contributed by atoms with Gasteiger partial charge < -0.3 is 10.1 Å². The highest BCUT2D eigenvalue weighted by Gasteiger charge is 2.12. The van der Waals surface area contributed by atoms with Crippen molar-refractivity contribution >= 4 is 11.5 Å². The van der Waals surface area contributed by atoms with Crippen LogP contribution in [0.2, 0.25) is 0 Å². The fraction of sp³-hybridized carbons (Fsp3) is 0.235. The number of para-hydroxylation sites is 2. The van der Waals surface area contributed by atoms with Crippen molar-refractivity contribution in [2.24, 2.45) is 0 Å². The van der Waals surface area contributed by atoms with Gasteiger partial charge in [0.15, 0.2) is 5.78 Å². The van der Waals surface area contributed by atoms with E-state index in [1.54, 1.807) is 19.2 Å². The minimum atomic E-state index is 0.0186. The van der Waals surface area contributed by atoms with Crippen molar-refractivity contribution in [3.8, 4) is 5.75 Å². The molecule has 3 heteroatoms. The Morgan fingerprint density at radius 3 is 2.35 bits per heavy atom. The predicted octanol–water partition coefficient (Wildman–Crippen LogP) is 3.61. The molecule has 0 aliphatic carbocycles. The maximum absolute atomic E-state index is 12.3. The third-order valence-electron chi connectivity index (χ3n) is 3.31. The van der Waals surface area contributed by atoms with E-state index in [1.165, 1.54) is 0 Å². The molecule has 20 heavy (non-hydrogen) atoms. The van der Waals surface area contributed by atoms with Crippen LogP contribution in [-0.4, -0.2) is 19.4 Å². The third-order valence-corrected chi connectivity index (χ3v) is 3.31. The van der Waals surface area contributed by atoms with Crippen molar-refractivity contribution in [2.75, 3.05) is 19.0 Å². The van der Waals surface area contributed by atoms with Crippen LogP contribution < -0.4 is 10.1 Å². The van der Waals surface area contributed by atoms with Gasteiger partial charge in [-0.1, -0.05) is 30.3 Å². The van der Waals surface area contributed by atoms with Crippen molar-refractivity contribution in [1.82, 2.24) is 0 Å². The quantitative estimate of drug-likeness (QED) is 0.843. The van der Waals surface area contributed by atoms with Gasteiger partial charge in [-0.05, 0) is 37.1 Å². The number of methoxy groups -OCH3 is 1. The fourth-order valence-corrected chi connectivity index (χ4v) is 2.23. The monoisotopic (exact) mass is 269 g/mol. The summed E-state index contributed by atoms with van der Waals surface area (Å²) in [6.07, 6.45) is 0. The first-order valence-electron chi connectivity index (χ1n) is 6.59. The molecule has 0 atom stereocenters. The Morgan fingerprint density at radius 1 is 1.05 bits per heavy atom. The fourth-order valence-electron chi connectivity index (χ4n) is 2.23. The summed E-state index contributed by atoms with van der Waals surface area (Å²) in [5, 5.41) is 3.23. The number of ketones is 1. The van der Waals surface area contributed by atoms with E-state index in [0.29, 0.717) is 11.3 Å². The highest BCUT2D eigenvalue weighted by molar-refractivity contribution is 6.01. The molecule has 1 N–H and O–H groups in total. The minimum Gasteiger partial charge on any atom is -0.496 e. The molecule has 104 valence electrons. The van der Waals surface area contributed by atoms with E-state index in [9.17, 15) is 4.79 Å². The molecule has 2 aromatic rings. The van der Waals surface area contributed by atoms with Gasteiger partial charge in [-0.3, -0.25) is 4.79 Å². The van der Waals surface area contributed by atoms with Crippen LogP contribution in [0.3, 0.4) is 0 Å².